The number of imidazole rings is 1. The monoisotopic (exact) mass is 244 g/mol. The largest absolute Gasteiger partial charge is 0.435 e. The minimum Gasteiger partial charge on any atom is -0.337 e. The highest BCUT2D eigenvalue weighted by molar-refractivity contribution is 5.03. The molecule has 0 fully saturated rings. The lowest BCUT2D eigenvalue weighted by Gasteiger charge is -2.03. The second-order valence-corrected chi connectivity index (χ2v) is 3.62. The zero-order chi connectivity index (χ0) is 12.3. The molecule has 2 aromatic rings. The van der Waals surface area contributed by atoms with Gasteiger partial charge in [0.1, 0.15) is 0 Å². The molecule has 0 N–H and O–H groups in total. The lowest BCUT2D eigenvalue weighted by Crippen LogP contribution is -2.09. The van der Waals surface area contributed by atoms with Crippen LogP contribution in [-0.2, 0) is 19.3 Å². The van der Waals surface area contributed by atoms with E-state index in [-0.39, 0.29) is 0 Å². The van der Waals surface area contributed by atoms with E-state index in [9.17, 15) is 13.2 Å². The first-order valence-corrected chi connectivity index (χ1v) is 5.12. The van der Waals surface area contributed by atoms with E-state index in [0.29, 0.717) is 19.5 Å². The first-order valence-electron chi connectivity index (χ1n) is 5.12. The van der Waals surface area contributed by atoms with Gasteiger partial charge in [-0.25, -0.2) is 4.98 Å². The van der Waals surface area contributed by atoms with Crippen molar-refractivity contribution >= 4 is 0 Å². The summed E-state index contributed by atoms with van der Waals surface area (Å²) < 4.78 is 39.9. The molecule has 0 aromatic carbocycles. The zero-order valence-corrected chi connectivity index (χ0v) is 8.93. The molecule has 92 valence electrons. The van der Waals surface area contributed by atoms with Crippen LogP contribution < -0.4 is 0 Å². The minimum absolute atomic E-state index is 0.453. The second-order valence-electron chi connectivity index (χ2n) is 3.62. The van der Waals surface area contributed by atoms with Crippen molar-refractivity contribution in [3.8, 4) is 0 Å². The van der Waals surface area contributed by atoms with Gasteiger partial charge >= 0.3 is 6.18 Å². The highest BCUT2D eigenvalue weighted by Crippen LogP contribution is 2.27. The maximum atomic E-state index is 12.3. The van der Waals surface area contributed by atoms with Crippen molar-refractivity contribution in [2.75, 3.05) is 0 Å². The van der Waals surface area contributed by atoms with Crippen molar-refractivity contribution in [2.24, 2.45) is 0 Å². The fraction of sp³-hybridized carbons (Fsp3) is 0.400. The van der Waals surface area contributed by atoms with Crippen molar-refractivity contribution in [3.05, 3.63) is 36.7 Å². The number of halogens is 3. The molecule has 2 rings (SSSR count). The van der Waals surface area contributed by atoms with Crippen molar-refractivity contribution in [1.29, 1.82) is 0 Å². The summed E-state index contributed by atoms with van der Waals surface area (Å²) in [5.74, 6) is 0. The first-order chi connectivity index (χ1) is 8.05. The predicted molar refractivity (Wildman–Crippen MR) is 54.1 cm³/mol. The third-order valence-corrected chi connectivity index (χ3v) is 2.29. The Morgan fingerprint density at radius 2 is 2.00 bits per heavy atom. The van der Waals surface area contributed by atoms with Gasteiger partial charge in [-0.3, -0.25) is 4.68 Å². The van der Waals surface area contributed by atoms with Crippen LogP contribution in [0.5, 0.6) is 0 Å². The molecule has 0 amide bonds. The van der Waals surface area contributed by atoms with Gasteiger partial charge < -0.3 is 4.57 Å². The van der Waals surface area contributed by atoms with E-state index in [2.05, 4.69) is 10.1 Å². The van der Waals surface area contributed by atoms with E-state index in [0.717, 1.165) is 6.07 Å². The van der Waals surface area contributed by atoms with Gasteiger partial charge in [0.2, 0.25) is 0 Å². The summed E-state index contributed by atoms with van der Waals surface area (Å²) >= 11 is 0. The average molecular weight is 244 g/mol. The second kappa shape index (κ2) is 4.60. The van der Waals surface area contributed by atoms with Crippen LogP contribution in [0.25, 0.3) is 0 Å². The molecule has 0 aliphatic rings. The van der Waals surface area contributed by atoms with Gasteiger partial charge in [-0.1, -0.05) is 0 Å². The Morgan fingerprint density at radius 3 is 2.59 bits per heavy atom. The maximum Gasteiger partial charge on any atom is 0.435 e. The third-order valence-electron chi connectivity index (χ3n) is 2.29. The molecule has 0 atom stereocenters. The van der Waals surface area contributed by atoms with Crippen LogP contribution in [-0.4, -0.2) is 19.3 Å². The van der Waals surface area contributed by atoms with Crippen molar-refractivity contribution < 1.29 is 13.2 Å². The number of aromatic nitrogens is 4. The summed E-state index contributed by atoms with van der Waals surface area (Å²) in [5, 5.41) is 3.47. The van der Waals surface area contributed by atoms with E-state index in [1.807, 2.05) is 10.8 Å². The molecule has 7 heteroatoms. The lowest BCUT2D eigenvalue weighted by molar-refractivity contribution is -0.141. The Labute approximate surface area is 95.7 Å². The predicted octanol–water partition coefficient (Wildman–Crippen LogP) is 2.19. The fourth-order valence-corrected chi connectivity index (χ4v) is 1.47. The highest BCUT2D eigenvalue weighted by Gasteiger charge is 2.33. The molecule has 0 unspecified atom stereocenters. The molecule has 0 saturated heterocycles. The van der Waals surface area contributed by atoms with Crippen LogP contribution in [0.1, 0.15) is 12.1 Å². The zero-order valence-electron chi connectivity index (χ0n) is 8.93. The fourth-order valence-electron chi connectivity index (χ4n) is 1.47. The molecule has 0 radical (unpaired) electrons. The Bertz CT molecular complexity index is 458. The summed E-state index contributed by atoms with van der Waals surface area (Å²) in [6.45, 7) is 1.16. The molecule has 2 aromatic heterocycles. The van der Waals surface area contributed by atoms with E-state index in [4.69, 9.17) is 0 Å². The van der Waals surface area contributed by atoms with Crippen LogP contribution in [0.15, 0.2) is 31.0 Å². The quantitative estimate of drug-likeness (QED) is 0.826. The van der Waals surface area contributed by atoms with Gasteiger partial charge in [-0.05, 0) is 12.5 Å². The maximum absolute atomic E-state index is 12.3. The molecular formula is C10H11F3N4. The summed E-state index contributed by atoms with van der Waals surface area (Å²) in [4.78, 5) is 3.88. The summed E-state index contributed by atoms with van der Waals surface area (Å²) in [6, 6.07) is 0.983. The standard InChI is InChI=1S/C10H11F3N4/c11-10(12,13)9-2-6-17(15-9)5-1-4-16-7-3-14-8-16/h2-3,6-8H,1,4-5H2. The molecule has 0 saturated carbocycles. The summed E-state index contributed by atoms with van der Waals surface area (Å²) in [7, 11) is 0. The van der Waals surface area contributed by atoms with Crippen LogP contribution in [0.3, 0.4) is 0 Å². The van der Waals surface area contributed by atoms with Crippen molar-refractivity contribution in [1.82, 2.24) is 19.3 Å². The van der Waals surface area contributed by atoms with E-state index in [1.165, 1.54) is 10.9 Å². The Morgan fingerprint density at radius 1 is 1.18 bits per heavy atom. The Balaban J connectivity index is 1.85. The van der Waals surface area contributed by atoms with E-state index >= 15 is 0 Å². The van der Waals surface area contributed by atoms with Crippen LogP contribution in [0.4, 0.5) is 13.2 Å². The molecule has 0 spiro atoms. The van der Waals surface area contributed by atoms with Crippen molar-refractivity contribution in [2.45, 2.75) is 25.7 Å². The van der Waals surface area contributed by atoms with Crippen LogP contribution in [0.2, 0.25) is 0 Å². The van der Waals surface area contributed by atoms with E-state index < -0.39 is 11.9 Å². The van der Waals surface area contributed by atoms with Crippen LogP contribution >= 0.6 is 0 Å². The van der Waals surface area contributed by atoms with Gasteiger partial charge in [0.25, 0.3) is 0 Å². The number of hydrogen-bond donors (Lipinski definition) is 0. The molecule has 0 bridgehead atoms. The van der Waals surface area contributed by atoms with Gasteiger partial charge in [-0.2, -0.15) is 18.3 Å². The molecule has 0 aliphatic carbocycles. The van der Waals surface area contributed by atoms with Gasteiger partial charge in [-0.15, -0.1) is 0 Å². The van der Waals surface area contributed by atoms with Gasteiger partial charge in [0, 0.05) is 31.7 Å². The first kappa shape index (κ1) is 11.7. The minimum atomic E-state index is -4.37. The molecular weight excluding hydrogens is 233 g/mol. The molecule has 17 heavy (non-hydrogen) atoms. The highest BCUT2D eigenvalue weighted by atomic mass is 19.4. The number of nitrogens with zero attached hydrogens (tertiary/aromatic N) is 4. The molecule has 0 aliphatic heterocycles. The Kier molecular flexibility index (Phi) is 3.16. The third kappa shape index (κ3) is 3.08. The number of rotatable bonds is 4. The SMILES string of the molecule is FC(F)(F)c1ccn(CCCn2ccnc2)n1. The van der Waals surface area contributed by atoms with Crippen LogP contribution in [0, 0.1) is 0 Å². The Hall–Kier alpha value is -1.79. The molecule has 4 nitrogen and oxygen atoms in total. The molecule has 2 heterocycles. The van der Waals surface area contributed by atoms with Gasteiger partial charge in [0.15, 0.2) is 5.69 Å². The topological polar surface area (TPSA) is 35.6 Å². The van der Waals surface area contributed by atoms with Crippen molar-refractivity contribution in [3.63, 3.8) is 0 Å². The smallest absolute Gasteiger partial charge is 0.337 e. The van der Waals surface area contributed by atoms with E-state index in [1.54, 1.807) is 12.5 Å². The summed E-state index contributed by atoms with van der Waals surface area (Å²) in [6.07, 6.45) is 2.83. The average Bonchev–Trinajstić information content (AvgIpc) is 2.86. The summed E-state index contributed by atoms with van der Waals surface area (Å²) in [5.41, 5.74) is -0.847. The number of hydrogen-bond acceptors (Lipinski definition) is 2. The van der Waals surface area contributed by atoms with Gasteiger partial charge in [0.05, 0.1) is 6.33 Å². The lowest BCUT2D eigenvalue weighted by atomic mass is 10.4. The number of aryl methyl sites for hydroxylation is 2. The number of alkyl halides is 3. The normalized spacial score (nSPS) is 11.9.